The van der Waals surface area contributed by atoms with Gasteiger partial charge in [0.05, 0.1) is 6.54 Å². The first-order chi connectivity index (χ1) is 14.2. The number of nitrogens with zero attached hydrogens (tertiary/aromatic N) is 3. The van der Waals surface area contributed by atoms with Crippen LogP contribution in [-0.4, -0.2) is 20.7 Å². The lowest BCUT2D eigenvalue weighted by atomic mass is 10.1. The highest BCUT2D eigenvalue weighted by atomic mass is 35.5. The lowest BCUT2D eigenvalue weighted by molar-refractivity contribution is 0.0949. The number of aryl methyl sites for hydroxylation is 1. The van der Waals surface area contributed by atoms with Crippen molar-refractivity contribution in [3.63, 3.8) is 0 Å². The number of fused-ring (bicyclic) bond motifs is 1. The van der Waals surface area contributed by atoms with Crippen LogP contribution in [0.5, 0.6) is 0 Å². The molecule has 7 heteroatoms. The Kier molecular flexibility index (Phi) is 6.52. The van der Waals surface area contributed by atoms with E-state index >= 15 is 0 Å². The molecule has 1 aromatic heterocycles. The molecule has 0 atom stereocenters. The zero-order valence-electron chi connectivity index (χ0n) is 16.1. The van der Waals surface area contributed by atoms with Gasteiger partial charge < -0.3 is 9.88 Å². The third-order valence-electron chi connectivity index (χ3n) is 5.03. The molecule has 2 aromatic carbocycles. The Morgan fingerprint density at radius 3 is 2.62 bits per heavy atom. The van der Waals surface area contributed by atoms with Gasteiger partial charge in [0.1, 0.15) is 5.82 Å². The lowest BCUT2D eigenvalue weighted by Crippen LogP contribution is -2.25. The Labute approximate surface area is 179 Å². The van der Waals surface area contributed by atoms with Gasteiger partial charge in [0.15, 0.2) is 5.82 Å². The van der Waals surface area contributed by atoms with E-state index in [1.165, 1.54) is 16.9 Å². The summed E-state index contributed by atoms with van der Waals surface area (Å²) < 4.78 is 2.16. The molecule has 2 heterocycles. The van der Waals surface area contributed by atoms with Crippen molar-refractivity contribution >= 4 is 29.3 Å². The second kappa shape index (κ2) is 9.46. The fourth-order valence-corrected chi connectivity index (χ4v) is 4.37. The van der Waals surface area contributed by atoms with Crippen LogP contribution >= 0.6 is 23.4 Å². The summed E-state index contributed by atoms with van der Waals surface area (Å²) in [6, 6.07) is 15.6. The Hall–Kier alpha value is -2.31. The van der Waals surface area contributed by atoms with E-state index in [1.54, 1.807) is 11.8 Å². The van der Waals surface area contributed by atoms with Crippen LogP contribution in [0.25, 0.3) is 0 Å². The molecule has 0 saturated carbocycles. The predicted octanol–water partition coefficient (Wildman–Crippen LogP) is 4.88. The zero-order chi connectivity index (χ0) is 20.1. The number of carbonyl (C=O) groups excluding carboxylic acids is 1. The average molecular weight is 427 g/mol. The molecule has 1 aliphatic heterocycles. The summed E-state index contributed by atoms with van der Waals surface area (Å²) in [4.78, 5) is 13.7. The maximum absolute atomic E-state index is 12.5. The molecule has 0 unspecified atom stereocenters. The van der Waals surface area contributed by atoms with Gasteiger partial charge in [-0.05, 0) is 54.8 Å². The van der Waals surface area contributed by atoms with Crippen LogP contribution in [0.4, 0.5) is 0 Å². The van der Waals surface area contributed by atoms with Gasteiger partial charge in [-0.1, -0.05) is 30.2 Å². The number of thioether (sulfide) groups is 1. The van der Waals surface area contributed by atoms with E-state index in [4.69, 9.17) is 11.6 Å². The van der Waals surface area contributed by atoms with E-state index < -0.39 is 0 Å². The van der Waals surface area contributed by atoms with Crippen LogP contribution in [0.15, 0.2) is 53.4 Å². The number of halogens is 1. The second-order valence-corrected chi connectivity index (χ2v) is 8.60. The first kappa shape index (κ1) is 20.0. The number of nitrogens with one attached hydrogen (secondary N) is 1. The van der Waals surface area contributed by atoms with Crippen LogP contribution in [0, 0.1) is 0 Å². The summed E-state index contributed by atoms with van der Waals surface area (Å²) in [6.07, 6.45) is 4.49. The molecule has 0 saturated heterocycles. The molecular formula is C22H23ClN4OS. The Morgan fingerprint density at radius 2 is 1.83 bits per heavy atom. The molecule has 1 amide bonds. The van der Waals surface area contributed by atoms with Gasteiger partial charge in [0.25, 0.3) is 5.91 Å². The number of amides is 1. The fourth-order valence-electron chi connectivity index (χ4n) is 3.39. The Morgan fingerprint density at radius 1 is 1.03 bits per heavy atom. The molecule has 1 aliphatic rings. The molecule has 29 heavy (non-hydrogen) atoms. The number of rotatable bonds is 6. The fraction of sp³-hybridized carbons (Fsp3) is 0.318. The van der Waals surface area contributed by atoms with Crippen LogP contribution in [0.1, 0.15) is 46.8 Å². The number of benzene rings is 2. The molecule has 150 valence electrons. The standard InChI is InChI=1S/C22H23ClN4OS/c23-18-9-11-19(12-10-18)29-15-16-5-7-17(8-6-16)22(28)24-14-21-26-25-20-4-2-1-3-13-27(20)21/h5-12H,1-4,13-15H2,(H,24,28). The highest BCUT2D eigenvalue weighted by molar-refractivity contribution is 7.98. The van der Waals surface area contributed by atoms with E-state index in [0.717, 1.165) is 48.2 Å². The van der Waals surface area contributed by atoms with Gasteiger partial charge in [-0.25, -0.2) is 0 Å². The van der Waals surface area contributed by atoms with Gasteiger partial charge in [0, 0.05) is 34.2 Å². The molecule has 3 aromatic rings. The van der Waals surface area contributed by atoms with Crippen molar-refractivity contribution in [3.05, 3.63) is 76.3 Å². The van der Waals surface area contributed by atoms with Gasteiger partial charge in [-0.15, -0.1) is 22.0 Å². The van der Waals surface area contributed by atoms with Gasteiger partial charge in [0.2, 0.25) is 0 Å². The smallest absolute Gasteiger partial charge is 0.251 e. The minimum absolute atomic E-state index is 0.0899. The molecule has 0 spiro atoms. The van der Waals surface area contributed by atoms with E-state index in [0.29, 0.717) is 12.1 Å². The lowest BCUT2D eigenvalue weighted by Gasteiger charge is -2.09. The van der Waals surface area contributed by atoms with Crippen molar-refractivity contribution < 1.29 is 4.79 Å². The summed E-state index contributed by atoms with van der Waals surface area (Å²) in [5, 5.41) is 12.3. The first-order valence-electron chi connectivity index (χ1n) is 9.85. The van der Waals surface area contributed by atoms with Crippen molar-refractivity contribution in [1.82, 2.24) is 20.1 Å². The van der Waals surface area contributed by atoms with E-state index in [9.17, 15) is 4.79 Å². The first-order valence-corrected chi connectivity index (χ1v) is 11.2. The van der Waals surface area contributed by atoms with Crippen molar-refractivity contribution in [2.45, 2.75) is 49.4 Å². The van der Waals surface area contributed by atoms with E-state index in [-0.39, 0.29) is 5.91 Å². The summed E-state index contributed by atoms with van der Waals surface area (Å²) in [7, 11) is 0. The minimum atomic E-state index is -0.0899. The van der Waals surface area contributed by atoms with E-state index in [2.05, 4.69) is 20.1 Å². The van der Waals surface area contributed by atoms with Crippen molar-refractivity contribution in [3.8, 4) is 0 Å². The molecular weight excluding hydrogens is 404 g/mol. The monoisotopic (exact) mass is 426 g/mol. The number of hydrogen-bond donors (Lipinski definition) is 1. The van der Waals surface area contributed by atoms with Crippen LogP contribution in [0.2, 0.25) is 5.02 Å². The molecule has 0 bridgehead atoms. The van der Waals surface area contributed by atoms with Gasteiger partial charge >= 0.3 is 0 Å². The molecule has 0 fully saturated rings. The quantitative estimate of drug-likeness (QED) is 0.570. The zero-order valence-corrected chi connectivity index (χ0v) is 17.7. The molecule has 1 N–H and O–H groups in total. The molecule has 4 rings (SSSR count). The van der Waals surface area contributed by atoms with Crippen molar-refractivity contribution in [2.24, 2.45) is 0 Å². The molecule has 0 radical (unpaired) electrons. The highest BCUT2D eigenvalue weighted by Gasteiger charge is 2.15. The van der Waals surface area contributed by atoms with Crippen LogP contribution in [0.3, 0.4) is 0 Å². The summed E-state index contributed by atoms with van der Waals surface area (Å²) in [5.74, 6) is 2.63. The Bertz CT molecular complexity index is 969. The SMILES string of the molecule is O=C(NCc1nnc2n1CCCCC2)c1ccc(CSc2ccc(Cl)cc2)cc1. The van der Waals surface area contributed by atoms with Gasteiger partial charge in [-0.3, -0.25) is 4.79 Å². The minimum Gasteiger partial charge on any atom is -0.345 e. The van der Waals surface area contributed by atoms with Crippen molar-refractivity contribution in [1.29, 1.82) is 0 Å². The third-order valence-corrected chi connectivity index (χ3v) is 6.36. The Balaban J connectivity index is 1.31. The number of hydrogen-bond acceptors (Lipinski definition) is 4. The maximum atomic E-state index is 12.5. The van der Waals surface area contributed by atoms with Gasteiger partial charge in [-0.2, -0.15) is 0 Å². The molecule has 5 nitrogen and oxygen atoms in total. The number of carbonyl (C=O) groups is 1. The third kappa shape index (κ3) is 5.19. The summed E-state index contributed by atoms with van der Waals surface area (Å²) in [5.41, 5.74) is 1.82. The number of aromatic nitrogens is 3. The average Bonchev–Trinajstić information content (AvgIpc) is 2.98. The van der Waals surface area contributed by atoms with Crippen LogP contribution < -0.4 is 5.32 Å². The molecule has 0 aliphatic carbocycles. The maximum Gasteiger partial charge on any atom is 0.251 e. The highest BCUT2D eigenvalue weighted by Crippen LogP contribution is 2.24. The second-order valence-electron chi connectivity index (χ2n) is 7.12. The predicted molar refractivity (Wildman–Crippen MR) is 116 cm³/mol. The van der Waals surface area contributed by atoms with E-state index in [1.807, 2.05) is 48.5 Å². The van der Waals surface area contributed by atoms with Crippen LogP contribution in [-0.2, 0) is 25.3 Å². The topological polar surface area (TPSA) is 59.8 Å². The normalized spacial score (nSPS) is 13.6. The largest absolute Gasteiger partial charge is 0.345 e. The summed E-state index contributed by atoms with van der Waals surface area (Å²) in [6.45, 7) is 1.34. The van der Waals surface area contributed by atoms with Crippen molar-refractivity contribution in [2.75, 3.05) is 0 Å². The summed E-state index contributed by atoms with van der Waals surface area (Å²) >= 11 is 7.66.